The molecule has 1 amide bonds. The zero-order valence-corrected chi connectivity index (χ0v) is 23.4. The molecule has 3 aromatic rings. The maximum atomic E-state index is 13.8. The molecule has 0 aliphatic carbocycles. The third kappa shape index (κ3) is 6.16. The standard InChI is InChI=1S/C24H28ClFN4O4S3/c25-21-4-5-22(36-21)37(32,33)29-10-6-17(7-11-29)23(31)30(9-1-8-28-12-14-34-15-13-28)24-27-19-3-2-18(26)16-20(19)35-24/h2-5,16-17H,1,6-15H2. The number of morpholine rings is 1. The first kappa shape index (κ1) is 26.9. The van der Waals surface area contributed by atoms with Crippen molar-refractivity contribution in [1.82, 2.24) is 14.2 Å². The Labute approximate surface area is 228 Å². The van der Waals surface area contributed by atoms with Crippen LogP contribution in [0.25, 0.3) is 10.2 Å². The average molecular weight is 587 g/mol. The smallest absolute Gasteiger partial charge is 0.252 e. The number of piperidine rings is 1. The molecule has 0 unspecified atom stereocenters. The first-order valence-electron chi connectivity index (χ1n) is 12.2. The largest absolute Gasteiger partial charge is 0.379 e. The van der Waals surface area contributed by atoms with E-state index in [1.807, 2.05) is 0 Å². The summed E-state index contributed by atoms with van der Waals surface area (Å²) in [5.41, 5.74) is 0.655. The molecule has 5 rings (SSSR count). The van der Waals surface area contributed by atoms with Gasteiger partial charge >= 0.3 is 0 Å². The predicted octanol–water partition coefficient (Wildman–Crippen LogP) is 4.31. The lowest BCUT2D eigenvalue weighted by Gasteiger charge is -2.33. The number of nitrogens with zero attached hydrogens (tertiary/aromatic N) is 4. The molecule has 2 saturated heterocycles. The number of amides is 1. The van der Waals surface area contributed by atoms with Crippen LogP contribution in [-0.4, -0.2) is 81.0 Å². The minimum atomic E-state index is -3.63. The fraction of sp³-hybridized carbons (Fsp3) is 0.500. The number of halogens is 2. The Hall–Kier alpha value is -1.67. The SMILES string of the molecule is O=C(C1CCN(S(=O)(=O)c2ccc(Cl)s2)CC1)N(CCCN1CCOCC1)c1nc2ccc(F)cc2s1. The highest BCUT2D eigenvalue weighted by Crippen LogP contribution is 2.34. The van der Waals surface area contributed by atoms with Gasteiger partial charge in [-0.1, -0.05) is 22.9 Å². The van der Waals surface area contributed by atoms with E-state index in [0.29, 0.717) is 52.3 Å². The van der Waals surface area contributed by atoms with Crippen molar-refractivity contribution in [2.45, 2.75) is 23.5 Å². The third-order valence-corrected chi connectivity index (χ3v) is 11.4. The van der Waals surface area contributed by atoms with Gasteiger partial charge in [-0.3, -0.25) is 14.6 Å². The number of sulfonamides is 1. The third-order valence-electron chi connectivity index (χ3n) is 6.74. The molecule has 2 fully saturated rings. The van der Waals surface area contributed by atoms with Gasteiger partial charge in [0.2, 0.25) is 5.91 Å². The Morgan fingerprint density at radius 1 is 1.14 bits per heavy atom. The summed E-state index contributed by atoms with van der Waals surface area (Å²) in [6.07, 6.45) is 1.62. The van der Waals surface area contributed by atoms with E-state index >= 15 is 0 Å². The molecule has 0 atom stereocenters. The van der Waals surface area contributed by atoms with Gasteiger partial charge in [-0.2, -0.15) is 4.31 Å². The molecule has 8 nitrogen and oxygen atoms in total. The number of anilines is 1. The second kappa shape index (κ2) is 11.6. The number of hydrogen-bond donors (Lipinski definition) is 0. The molecule has 0 bridgehead atoms. The summed E-state index contributed by atoms with van der Waals surface area (Å²) in [4.78, 5) is 22.4. The van der Waals surface area contributed by atoms with E-state index in [1.54, 1.807) is 17.0 Å². The van der Waals surface area contributed by atoms with Crippen LogP contribution in [-0.2, 0) is 19.6 Å². The van der Waals surface area contributed by atoms with Crippen molar-refractivity contribution in [1.29, 1.82) is 0 Å². The van der Waals surface area contributed by atoms with E-state index in [4.69, 9.17) is 16.3 Å². The highest BCUT2D eigenvalue weighted by atomic mass is 35.5. The van der Waals surface area contributed by atoms with Gasteiger partial charge in [0.15, 0.2) is 5.13 Å². The minimum absolute atomic E-state index is 0.0577. The van der Waals surface area contributed by atoms with Gasteiger partial charge < -0.3 is 4.74 Å². The Morgan fingerprint density at radius 2 is 1.89 bits per heavy atom. The van der Waals surface area contributed by atoms with Gasteiger partial charge in [0.1, 0.15) is 10.0 Å². The molecule has 200 valence electrons. The molecule has 0 spiro atoms. The Bertz CT molecular complexity index is 1350. The molecule has 2 aromatic heterocycles. The van der Waals surface area contributed by atoms with Crippen molar-refractivity contribution in [3.05, 3.63) is 40.5 Å². The number of aromatic nitrogens is 1. The van der Waals surface area contributed by atoms with Crippen LogP contribution in [0.4, 0.5) is 9.52 Å². The molecule has 0 radical (unpaired) electrons. The van der Waals surface area contributed by atoms with Crippen molar-refractivity contribution < 1.29 is 22.3 Å². The number of benzene rings is 1. The normalized spacial score (nSPS) is 18.4. The molecule has 1 aromatic carbocycles. The zero-order chi connectivity index (χ0) is 26.0. The fourth-order valence-electron chi connectivity index (χ4n) is 4.71. The van der Waals surface area contributed by atoms with Gasteiger partial charge in [-0.25, -0.2) is 17.8 Å². The lowest BCUT2D eigenvalue weighted by Crippen LogP contribution is -2.45. The maximum Gasteiger partial charge on any atom is 0.252 e. The second-order valence-electron chi connectivity index (χ2n) is 9.14. The number of rotatable bonds is 8. The first-order chi connectivity index (χ1) is 17.8. The molecule has 37 heavy (non-hydrogen) atoms. The van der Waals surface area contributed by atoms with Gasteiger partial charge in [0.05, 0.1) is 27.8 Å². The van der Waals surface area contributed by atoms with E-state index in [9.17, 15) is 17.6 Å². The average Bonchev–Trinajstić information content (AvgIpc) is 3.53. The van der Waals surface area contributed by atoms with Gasteiger partial charge in [0, 0.05) is 45.2 Å². The Kier molecular flexibility index (Phi) is 8.44. The summed E-state index contributed by atoms with van der Waals surface area (Å²) >= 11 is 8.28. The number of fused-ring (bicyclic) bond motifs is 1. The number of thiophene rings is 1. The van der Waals surface area contributed by atoms with Crippen LogP contribution in [0.2, 0.25) is 4.34 Å². The van der Waals surface area contributed by atoms with Gasteiger partial charge in [-0.15, -0.1) is 11.3 Å². The predicted molar refractivity (Wildman–Crippen MR) is 145 cm³/mol. The van der Waals surface area contributed by atoms with Crippen molar-refractivity contribution >= 4 is 65.6 Å². The van der Waals surface area contributed by atoms with Crippen LogP contribution < -0.4 is 4.90 Å². The lowest BCUT2D eigenvalue weighted by atomic mass is 9.96. The summed E-state index contributed by atoms with van der Waals surface area (Å²) < 4.78 is 47.9. The molecule has 2 aliphatic rings. The zero-order valence-electron chi connectivity index (χ0n) is 20.1. The van der Waals surface area contributed by atoms with Crippen LogP contribution in [0.15, 0.2) is 34.5 Å². The van der Waals surface area contributed by atoms with Crippen LogP contribution in [0.3, 0.4) is 0 Å². The molecule has 4 heterocycles. The topological polar surface area (TPSA) is 83.1 Å². The summed E-state index contributed by atoms with van der Waals surface area (Å²) in [6.45, 7) is 5.03. The molecular formula is C24H28ClFN4O4S3. The quantitative estimate of drug-likeness (QED) is 0.391. The molecule has 0 saturated carbocycles. The van der Waals surface area contributed by atoms with Crippen molar-refractivity contribution in [2.75, 3.05) is 57.4 Å². The van der Waals surface area contributed by atoms with Crippen molar-refractivity contribution in [3.63, 3.8) is 0 Å². The van der Waals surface area contributed by atoms with Crippen LogP contribution in [0, 0.1) is 11.7 Å². The highest BCUT2D eigenvalue weighted by molar-refractivity contribution is 7.91. The van der Waals surface area contributed by atoms with Crippen molar-refractivity contribution in [3.8, 4) is 0 Å². The van der Waals surface area contributed by atoms with E-state index < -0.39 is 10.0 Å². The van der Waals surface area contributed by atoms with Gasteiger partial charge in [0.25, 0.3) is 10.0 Å². The van der Waals surface area contributed by atoms with Crippen LogP contribution in [0.1, 0.15) is 19.3 Å². The second-order valence-corrected chi connectivity index (χ2v) is 14.0. The molecule has 13 heteroatoms. The summed E-state index contributed by atoms with van der Waals surface area (Å²) in [5, 5.41) is 0.552. The molecule has 0 N–H and O–H groups in total. The number of thiazole rings is 1. The van der Waals surface area contributed by atoms with E-state index in [1.165, 1.54) is 33.8 Å². The Balaban J connectivity index is 1.29. The number of carbonyl (C=O) groups is 1. The van der Waals surface area contributed by atoms with Crippen LogP contribution in [0.5, 0.6) is 0 Å². The Morgan fingerprint density at radius 3 is 2.59 bits per heavy atom. The summed E-state index contributed by atoms with van der Waals surface area (Å²) in [6, 6.07) is 7.53. The number of hydrogen-bond acceptors (Lipinski definition) is 8. The fourth-order valence-corrected chi connectivity index (χ4v) is 8.83. The number of ether oxygens (including phenoxy) is 1. The van der Waals surface area contributed by atoms with Crippen molar-refractivity contribution in [2.24, 2.45) is 5.92 Å². The number of carbonyl (C=O) groups excluding carboxylic acids is 1. The van der Waals surface area contributed by atoms with Crippen LogP contribution >= 0.6 is 34.3 Å². The summed E-state index contributed by atoms with van der Waals surface area (Å²) in [7, 11) is -3.63. The first-order valence-corrected chi connectivity index (χ1v) is 15.7. The highest BCUT2D eigenvalue weighted by Gasteiger charge is 2.35. The minimum Gasteiger partial charge on any atom is -0.379 e. The van der Waals surface area contributed by atoms with E-state index in [0.717, 1.165) is 37.4 Å². The van der Waals surface area contributed by atoms with Gasteiger partial charge in [-0.05, 0) is 49.6 Å². The molecule has 2 aliphatic heterocycles. The maximum absolute atomic E-state index is 13.8. The van der Waals surface area contributed by atoms with E-state index in [2.05, 4.69) is 9.88 Å². The lowest BCUT2D eigenvalue weighted by molar-refractivity contribution is -0.123. The summed E-state index contributed by atoms with van der Waals surface area (Å²) in [5.74, 6) is -0.711. The monoisotopic (exact) mass is 586 g/mol. The van der Waals surface area contributed by atoms with E-state index in [-0.39, 0.29) is 34.9 Å². The molecular weight excluding hydrogens is 559 g/mol.